The monoisotopic (exact) mass is 223 g/mol. The predicted molar refractivity (Wildman–Crippen MR) is 47.2 cm³/mol. The highest BCUT2D eigenvalue weighted by Gasteiger charge is 2.09. The van der Waals surface area contributed by atoms with Crippen LogP contribution in [0, 0.1) is 0 Å². The van der Waals surface area contributed by atoms with Gasteiger partial charge in [-0.15, -0.1) is 10.2 Å². The fourth-order valence-corrected chi connectivity index (χ4v) is 1.03. The molecule has 5 nitrogen and oxygen atoms in total. The Hall–Kier alpha value is -0.650. The van der Waals surface area contributed by atoms with Gasteiger partial charge < -0.3 is 9.47 Å². The van der Waals surface area contributed by atoms with Crippen molar-refractivity contribution in [2.45, 2.75) is 0 Å². The van der Waals surface area contributed by atoms with Gasteiger partial charge in [0.2, 0.25) is 0 Å². The third-order valence-corrected chi connectivity index (χ3v) is 1.67. The van der Waals surface area contributed by atoms with E-state index in [9.17, 15) is 0 Å². The van der Waals surface area contributed by atoms with Crippen LogP contribution in [-0.4, -0.2) is 35.7 Å². The molecule has 0 aliphatic heterocycles. The number of rotatable bonds is 4. The minimum Gasteiger partial charge on any atom is -0.485 e. The van der Waals surface area contributed by atoms with Gasteiger partial charge in [0, 0.05) is 7.11 Å². The Kier molecular flexibility index (Phi) is 4.14. The van der Waals surface area contributed by atoms with Gasteiger partial charge in [0.1, 0.15) is 6.61 Å². The van der Waals surface area contributed by atoms with E-state index >= 15 is 0 Å². The van der Waals surface area contributed by atoms with Crippen LogP contribution in [-0.2, 0) is 4.74 Å². The summed E-state index contributed by atoms with van der Waals surface area (Å²) in [6.45, 7) is 0.776. The second-order valence-corrected chi connectivity index (χ2v) is 2.76. The van der Waals surface area contributed by atoms with Crippen molar-refractivity contribution >= 4 is 23.2 Å². The summed E-state index contributed by atoms with van der Waals surface area (Å²) in [5, 5.41) is 10.4. The fraction of sp³-hybridized carbons (Fsp3) is 0.500. The normalized spacial score (nSPS) is 10.1. The number of ether oxygens (including phenoxy) is 2. The number of nitrogens with zero attached hydrogens (tertiary/aromatic N) is 3. The van der Waals surface area contributed by atoms with Crippen molar-refractivity contribution < 1.29 is 9.47 Å². The molecule has 0 saturated heterocycles. The molecule has 0 amide bonds. The van der Waals surface area contributed by atoms with Gasteiger partial charge in [0.15, 0.2) is 16.1 Å². The maximum Gasteiger partial charge on any atom is 0.198 e. The van der Waals surface area contributed by atoms with Crippen molar-refractivity contribution in [2.75, 3.05) is 20.3 Å². The first-order chi connectivity index (χ1) is 6.25. The van der Waals surface area contributed by atoms with Gasteiger partial charge in [-0.1, -0.05) is 23.2 Å². The van der Waals surface area contributed by atoms with Crippen molar-refractivity contribution in [3.8, 4) is 5.75 Å². The molecule has 7 heteroatoms. The van der Waals surface area contributed by atoms with Crippen LogP contribution in [0.5, 0.6) is 5.75 Å². The molecule has 0 unspecified atom stereocenters. The SMILES string of the molecule is COCCOc1c(Cl)nnnc1Cl. The minimum atomic E-state index is 0.0936. The first-order valence-electron chi connectivity index (χ1n) is 3.41. The Morgan fingerprint density at radius 1 is 1.15 bits per heavy atom. The van der Waals surface area contributed by atoms with Crippen LogP contribution in [0.2, 0.25) is 10.3 Å². The zero-order valence-corrected chi connectivity index (χ0v) is 8.34. The van der Waals surface area contributed by atoms with Crippen molar-refractivity contribution in [3.05, 3.63) is 10.3 Å². The van der Waals surface area contributed by atoms with Crippen molar-refractivity contribution in [3.63, 3.8) is 0 Å². The van der Waals surface area contributed by atoms with Crippen molar-refractivity contribution in [1.82, 2.24) is 15.4 Å². The molecule has 0 aliphatic rings. The van der Waals surface area contributed by atoms with Gasteiger partial charge in [-0.05, 0) is 5.21 Å². The summed E-state index contributed by atoms with van der Waals surface area (Å²) in [7, 11) is 1.57. The number of halogens is 2. The lowest BCUT2D eigenvalue weighted by Gasteiger charge is -2.05. The van der Waals surface area contributed by atoms with Gasteiger partial charge in [0.25, 0.3) is 0 Å². The Labute approximate surface area is 85.0 Å². The Balaban J connectivity index is 2.64. The maximum absolute atomic E-state index is 5.64. The van der Waals surface area contributed by atoms with Crippen molar-refractivity contribution in [1.29, 1.82) is 0 Å². The highest BCUT2D eigenvalue weighted by Crippen LogP contribution is 2.27. The molecule has 1 aromatic heterocycles. The van der Waals surface area contributed by atoms with E-state index in [4.69, 9.17) is 32.7 Å². The smallest absolute Gasteiger partial charge is 0.198 e. The molecular weight excluding hydrogens is 217 g/mol. The Bertz CT molecular complexity index is 264. The topological polar surface area (TPSA) is 57.1 Å². The van der Waals surface area contributed by atoms with E-state index in [0.29, 0.717) is 13.2 Å². The molecule has 1 aromatic rings. The van der Waals surface area contributed by atoms with Gasteiger partial charge in [-0.3, -0.25) is 0 Å². The number of hydrogen-bond acceptors (Lipinski definition) is 5. The van der Waals surface area contributed by atoms with Gasteiger partial charge in [-0.2, -0.15) is 0 Å². The first-order valence-corrected chi connectivity index (χ1v) is 4.17. The van der Waals surface area contributed by atoms with E-state index < -0.39 is 0 Å². The fourth-order valence-electron chi connectivity index (χ4n) is 0.623. The van der Waals surface area contributed by atoms with Gasteiger partial charge in [-0.25, -0.2) is 0 Å². The third kappa shape index (κ3) is 2.95. The molecule has 13 heavy (non-hydrogen) atoms. The standard InChI is InChI=1S/C6H7Cl2N3O2/c1-12-2-3-13-4-5(7)9-11-10-6(4)8/h2-3H2,1H3. The van der Waals surface area contributed by atoms with Crippen LogP contribution >= 0.6 is 23.2 Å². The summed E-state index contributed by atoms with van der Waals surface area (Å²) in [4.78, 5) is 0. The van der Waals surface area contributed by atoms with Gasteiger partial charge >= 0.3 is 0 Å². The van der Waals surface area contributed by atoms with E-state index in [-0.39, 0.29) is 16.1 Å². The lowest BCUT2D eigenvalue weighted by atomic mass is 10.6. The van der Waals surface area contributed by atoms with Crippen LogP contribution in [0.25, 0.3) is 0 Å². The molecule has 0 atom stereocenters. The van der Waals surface area contributed by atoms with Gasteiger partial charge in [0.05, 0.1) is 6.61 Å². The average Bonchev–Trinajstić information content (AvgIpc) is 2.10. The van der Waals surface area contributed by atoms with Crippen LogP contribution in [0.3, 0.4) is 0 Å². The van der Waals surface area contributed by atoms with E-state index in [1.165, 1.54) is 0 Å². The molecule has 0 bridgehead atoms. The predicted octanol–water partition coefficient (Wildman–Crippen LogP) is 1.20. The number of aromatic nitrogens is 3. The van der Waals surface area contributed by atoms with Crippen LogP contribution < -0.4 is 4.74 Å². The highest BCUT2D eigenvalue weighted by molar-refractivity contribution is 6.35. The molecule has 0 aliphatic carbocycles. The lowest BCUT2D eigenvalue weighted by Crippen LogP contribution is -2.06. The second-order valence-electron chi connectivity index (χ2n) is 2.04. The van der Waals surface area contributed by atoms with E-state index in [2.05, 4.69) is 15.4 Å². The average molecular weight is 224 g/mol. The third-order valence-electron chi connectivity index (χ3n) is 1.17. The zero-order chi connectivity index (χ0) is 9.68. The highest BCUT2D eigenvalue weighted by atomic mass is 35.5. The maximum atomic E-state index is 5.64. The number of methoxy groups -OCH3 is 1. The quantitative estimate of drug-likeness (QED) is 0.719. The molecule has 1 rings (SSSR count). The summed E-state index contributed by atoms with van der Waals surface area (Å²) in [5.41, 5.74) is 0. The molecular formula is C6H7Cl2N3O2. The largest absolute Gasteiger partial charge is 0.485 e. The second kappa shape index (κ2) is 5.16. The molecule has 0 radical (unpaired) electrons. The lowest BCUT2D eigenvalue weighted by molar-refractivity contribution is 0.146. The van der Waals surface area contributed by atoms with Crippen LogP contribution in [0.1, 0.15) is 0 Å². The summed E-state index contributed by atoms with van der Waals surface area (Å²) in [5.74, 6) is 0.232. The summed E-state index contributed by atoms with van der Waals surface area (Å²) in [6.07, 6.45) is 0. The Morgan fingerprint density at radius 2 is 1.77 bits per heavy atom. The Morgan fingerprint density at radius 3 is 2.31 bits per heavy atom. The zero-order valence-electron chi connectivity index (χ0n) is 6.83. The van der Waals surface area contributed by atoms with E-state index in [1.54, 1.807) is 7.11 Å². The molecule has 1 heterocycles. The molecule has 0 N–H and O–H groups in total. The first kappa shape index (κ1) is 10.4. The van der Waals surface area contributed by atoms with Crippen LogP contribution in [0.4, 0.5) is 0 Å². The van der Waals surface area contributed by atoms with E-state index in [0.717, 1.165) is 0 Å². The summed E-state index contributed by atoms with van der Waals surface area (Å²) < 4.78 is 9.93. The summed E-state index contributed by atoms with van der Waals surface area (Å²) in [6, 6.07) is 0. The van der Waals surface area contributed by atoms with E-state index in [1.807, 2.05) is 0 Å². The molecule has 0 aromatic carbocycles. The van der Waals surface area contributed by atoms with Crippen molar-refractivity contribution in [2.24, 2.45) is 0 Å². The molecule has 72 valence electrons. The molecule has 0 fully saturated rings. The molecule has 0 spiro atoms. The van der Waals surface area contributed by atoms with Crippen LogP contribution in [0.15, 0.2) is 0 Å². The molecule has 0 saturated carbocycles. The number of hydrogen-bond donors (Lipinski definition) is 0. The minimum absolute atomic E-state index is 0.0936. The summed E-state index contributed by atoms with van der Waals surface area (Å²) >= 11 is 11.3.